The van der Waals surface area contributed by atoms with Crippen LogP contribution in [-0.4, -0.2) is 18.2 Å². The fourth-order valence-electron chi connectivity index (χ4n) is 3.74. The van der Waals surface area contributed by atoms with Crippen LogP contribution in [0.4, 0.5) is 0 Å². The van der Waals surface area contributed by atoms with E-state index in [9.17, 15) is 0 Å². The Morgan fingerprint density at radius 2 is 1.94 bits per heavy atom. The lowest BCUT2D eigenvalue weighted by Gasteiger charge is -2.43. The molecule has 2 fully saturated rings. The summed E-state index contributed by atoms with van der Waals surface area (Å²) in [7, 11) is 0. The minimum atomic E-state index is 0.216. The van der Waals surface area contributed by atoms with Gasteiger partial charge in [-0.3, -0.25) is 0 Å². The summed E-state index contributed by atoms with van der Waals surface area (Å²) >= 11 is 0. The molecule has 0 amide bonds. The maximum atomic E-state index is 6.42. The van der Waals surface area contributed by atoms with Gasteiger partial charge in [0.1, 0.15) is 0 Å². The van der Waals surface area contributed by atoms with E-state index in [1.807, 2.05) is 0 Å². The van der Waals surface area contributed by atoms with Gasteiger partial charge in [0.2, 0.25) is 0 Å². The summed E-state index contributed by atoms with van der Waals surface area (Å²) in [6.45, 7) is 6.90. The Balaban J connectivity index is 1.88. The molecule has 2 N–H and O–H groups in total. The smallest absolute Gasteiger partial charge is 0.0734 e. The van der Waals surface area contributed by atoms with Crippen LogP contribution in [0.5, 0.6) is 0 Å². The molecule has 0 aromatic heterocycles. The first-order valence-electron chi connectivity index (χ1n) is 7.94. The molecule has 0 aromatic carbocycles. The summed E-state index contributed by atoms with van der Waals surface area (Å²) in [5.74, 6) is 0.886. The Bertz CT molecular complexity index is 264. The molecule has 0 aromatic rings. The van der Waals surface area contributed by atoms with Crippen LogP contribution in [-0.2, 0) is 4.74 Å². The van der Waals surface area contributed by atoms with Gasteiger partial charge in [-0.05, 0) is 37.0 Å². The molecule has 18 heavy (non-hydrogen) atoms. The molecule has 4 unspecified atom stereocenters. The highest BCUT2D eigenvalue weighted by Gasteiger charge is 2.38. The third-order valence-corrected chi connectivity index (χ3v) is 5.29. The van der Waals surface area contributed by atoms with E-state index < -0.39 is 0 Å². The second-order valence-electron chi connectivity index (χ2n) is 7.14. The lowest BCUT2D eigenvalue weighted by Crippen LogP contribution is -2.51. The molecule has 0 bridgehead atoms. The summed E-state index contributed by atoms with van der Waals surface area (Å²) in [5, 5.41) is 0. The largest absolute Gasteiger partial charge is 0.373 e. The number of hydrogen-bond acceptors (Lipinski definition) is 2. The Labute approximate surface area is 113 Å². The van der Waals surface area contributed by atoms with Crippen molar-refractivity contribution in [2.24, 2.45) is 17.1 Å². The van der Waals surface area contributed by atoms with E-state index in [-0.39, 0.29) is 11.5 Å². The number of rotatable bonds is 3. The van der Waals surface area contributed by atoms with Crippen LogP contribution >= 0.6 is 0 Å². The number of ether oxygens (including phenoxy) is 1. The highest BCUT2D eigenvalue weighted by molar-refractivity contribution is 4.92. The van der Waals surface area contributed by atoms with Crippen molar-refractivity contribution in [3.63, 3.8) is 0 Å². The zero-order valence-electron chi connectivity index (χ0n) is 12.5. The van der Waals surface area contributed by atoms with Crippen molar-refractivity contribution < 1.29 is 4.74 Å². The quantitative estimate of drug-likeness (QED) is 0.828. The summed E-state index contributed by atoms with van der Waals surface area (Å²) in [6.07, 6.45) is 11.0. The van der Waals surface area contributed by atoms with E-state index in [1.165, 1.54) is 44.9 Å². The molecule has 0 saturated heterocycles. The maximum Gasteiger partial charge on any atom is 0.0734 e. The minimum Gasteiger partial charge on any atom is -0.373 e. The highest BCUT2D eigenvalue weighted by atomic mass is 16.5. The summed E-state index contributed by atoms with van der Waals surface area (Å²) in [6, 6.07) is 0.216. The molecule has 0 spiro atoms. The van der Waals surface area contributed by atoms with Crippen molar-refractivity contribution in [3.8, 4) is 0 Å². The third kappa shape index (κ3) is 3.27. The summed E-state index contributed by atoms with van der Waals surface area (Å²) in [5.41, 5.74) is 6.67. The van der Waals surface area contributed by atoms with Crippen LogP contribution in [0.15, 0.2) is 0 Å². The maximum absolute atomic E-state index is 6.42. The Kier molecular flexibility index (Phi) is 4.71. The van der Waals surface area contributed by atoms with Gasteiger partial charge in [0, 0.05) is 6.04 Å². The molecule has 4 atom stereocenters. The summed E-state index contributed by atoms with van der Waals surface area (Å²) < 4.78 is 6.39. The molecule has 2 nitrogen and oxygen atoms in total. The third-order valence-electron chi connectivity index (χ3n) is 5.29. The van der Waals surface area contributed by atoms with E-state index in [0.29, 0.717) is 12.2 Å². The molecule has 2 saturated carbocycles. The van der Waals surface area contributed by atoms with E-state index in [4.69, 9.17) is 10.5 Å². The second kappa shape index (κ2) is 5.92. The van der Waals surface area contributed by atoms with Gasteiger partial charge in [-0.25, -0.2) is 0 Å². The van der Waals surface area contributed by atoms with E-state index in [0.717, 1.165) is 12.3 Å². The predicted octanol–water partition coefficient (Wildman–Crippen LogP) is 3.88. The number of nitrogens with two attached hydrogens (primary N) is 1. The first-order valence-corrected chi connectivity index (χ1v) is 7.94. The van der Waals surface area contributed by atoms with Gasteiger partial charge < -0.3 is 10.5 Å². The minimum absolute atomic E-state index is 0.216. The molecule has 2 aliphatic rings. The first-order chi connectivity index (χ1) is 8.53. The lowest BCUT2D eigenvalue weighted by molar-refractivity contribution is -0.0849. The fraction of sp³-hybridized carbons (Fsp3) is 1.00. The van der Waals surface area contributed by atoms with E-state index >= 15 is 0 Å². The van der Waals surface area contributed by atoms with Crippen molar-refractivity contribution >= 4 is 0 Å². The van der Waals surface area contributed by atoms with E-state index in [1.54, 1.807) is 0 Å². The SMILES string of the molecule is CCC1CCCC(OC2CCCC(C)(C)C2N)C1. The normalized spacial score (nSPS) is 40.7. The molecule has 0 aliphatic heterocycles. The fourth-order valence-corrected chi connectivity index (χ4v) is 3.74. The van der Waals surface area contributed by atoms with Gasteiger partial charge in [0.05, 0.1) is 12.2 Å². The van der Waals surface area contributed by atoms with Crippen LogP contribution in [0.3, 0.4) is 0 Å². The Morgan fingerprint density at radius 3 is 2.67 bits per heavy atom. The molecule has 106 valence electrons. The van der Waals surface area contributed by atoms with Crippen molar-refractivity contribution in [3.05, 3.63) is 0 Å². The van der Waals surface area contributed by atoms with Gasteiger partial charge in [0.15, 0.2) is 0 Å². The van der Waals surface area contributed by atoms with Crippen LogP contribution in [0, 0.1) is 11.3 Å². The van der Waals surface area contributed by atoms with Crippen LogP contribution in [0.2, 0.25) is 0 Å². The van der Waals surface area contributed by atoms with Gasteiger partial charge >= 0.3 is 0 Å². The molecular formula is C16H31NO. The van der Waals surface area contributed by atoms with Crippen molar-refractivity contribution in [1.82, 2.24) is 0 Å². The van der Waals surface area contributed by atoms with Crippen molar-refractivity contribution in [2.45, 2.75) is 90.4 Å². The Morgan fingerprint density at radius 1 is 1.17 bits per heavy atom. The monoisotopic (exact) mass is 253 g/mol. The first kappa shape index (κ1) is 14.3. The van der Waals surface area contributed by atoms with E-state index in [2.05, 4.69) is 20.8 Å². The molecule has 0 radical (unpaired) electrons. The average molecular weight is 253 g/mol. The highest BCUT2D eigenvalue weighted by Crippen LogP contribution is 2.38. The zero-order valence-corrected chi connectivity index (χ0v) is 12.5. The van der Waals surface area contributed by atoms with Crippen molar-refractivity contribution in [1.29, 1.82) is 0 Å². The molecular weight excluding hydrogens is 222 g/mol. The van der Waals surface area contributed by atoms with Gasteiger partial charge in [0.25, 0.3) is 0 Å². The standard InChI is InChI=1S/C16H31NO/c1-4-12-7-5-8-13(11-12)18-14-9-6-10-16(2,3)15(14)17/h12-15H,4-11,17H2,1-3H3. The molecule has 0 heterocycles. The second-order valence-corrected chi connectivity index (χ2v) is 7.14. The van der Waals surface area contributed by atoms with Crippen molar-refractivity contribution in [2.75, 3.05) is 0 Å². The average Bonchev–Trinajstić information content (AvgIpc) is 2.35. The predicted molar refractivity (Wildman–Crippen MR) is 76.5 cm³/mol. The number of hydrogen-bond donors (Lipinski definition) is 1. The van der Waals surface area contributed by atoms with Crippen LogP contribution in [0.1, 0.15) is 72.1 Å². The topological polar surface area (TPSA) is 35.2 Å². The van der Waals surface area contributed by atoms with Gasteiger partial charge in [-0.1, -0.05) is 46.5 Å². The van der Waals surface area contributed by atoms with Crippen LogP contribution in [0.25, 0.3) is 0 Å². The lowest BCUT2D eigenvalue weighted by atomic mass is 9.72. The summed E-state index contributed by atoms with van der Waals surface area (Å²) in [4.78, 5) is 0. The molecule has 2 heteroatoms. The molecule has 2 rings (SSSR count). The van der Waals surface area contributed by atoms with Gasteiger partial charge in [-0.2, -0.15) is 0 Å². The molecule has 2 aliphatic carbocycles. The van der Waals surface area contributed by atoms with Gasteiger partial charge in [-0.15, -0.1) is 0 Å². The van der Waals surface area contributed by atoms with Crippen LogP contribution < -0.4 is 5.73 Å². The Hall–Kier alpha value is -0.0800. The zero-order chi connectivity index (χ0) is 13.2.